The van der Waals surface area contributed by atoms with Crippen LogP contribution in [0, 0.1) is 5.92 Å². The van der Waals surface area contributed by atoms with Gasteiger partial charge in [0.05, 0.1) is 11.4 Å². The van der Waals surface area contributed by atoms with Crippen molar-refractivity contribution in [2.24, 2.45) is 5.92 Å². The molecule has 2 aromatic heterocycles. The molecule has 0 N–H and O–H groups in total. The van der Waals surface area contributed by atoms with Gasteiger partial charge in [-0.05, 0) is 41.5 Å². The summed E-state index contributed by atoms with van der Waals surface area (Å²) in [7, 11) is 0. The molecule has 0 bridgehead atoms. The van der Waals surface area contributed by atoms with E-state index in [9.17, 15) is 0 Å². The van der Waals surface area contributed by atoms with E-state index >= 15 is 0 Å². The van der Waals surface area contributed by atoms with Crippen LogP contribution in [0.1, 0.15) is 46.1 Å². The molecule has 2 heterocycles. The van der Waals surface area contributed by atoms with Crippen molar-refractivity contribution in [2.75, 3.05) is 0 Å². The summed E-state index contributed by atoms with van der Waals surface area (Å²) in [5, 5.41) is 0. The Morgan fingerprint density at radius 3 is 2.40 bits per heavy atom. The Hall–Kier alpha value is -1.70. The molecule has 0 aliphatic heterocycles. The molecular formula is C18H24N2. The summed E-state index contributed by atoms with van der Waals surface area (Å²) in [6.07, 6.45) is 5.97. The topological polar surface area (TPSA) is 25.8 Å². The van der Waals surface area contributed by atoms with Gasteiger partial charge in [-0.3, -0.25) is 9.97 Å². The molecule has 0 amide bonds. The van der Waals surface area contributed by atoms with Gasteiger partial charge in [0.15, 0.2) is 0 Å². The summed E-state index contributed by atoms with van der Waals surface area (Å²) in [5.74, 6) is 0.610. The first kappa shape index (κ1) is 14.7. The third-order valence-corrected chi connectivity index (χ3v) is 4.77. The molecule has 2 aromatic rings. The summed E-state index contributed by atoms with van der Waals surface area (Å²) < 4.78 is 0. The van der Waals surface area contributed by atoms with Gasteiger partial charge < -0.3 is 0 Å². The van der Waals surface area contributed by atoms with E-state index < -0.39 is 0 Å². The minimum atomic E-state index is 0.135. The van der Waals surface area contributed by atoms with Gasteiger partial charge in [0.1, 0.15) is 0 Å². The predicted octanol–water partition coefficient (Wildman–Crippen LogP) is 4.86. The quantitative estimate of drug-likeness (QED) is 0.774. The molecule has 0 aliphatic rings. The SMILES string of the molecule is CCC(C)C(C)(CC)c1cccnc1-c1ccccn1. The fourth-order valence-corrected chi connectivity index (χ4v) is 2.83. The largest absolute Gasteiger partial charge is 0.255 e. The lowest BCUT2D eigenvalue weighted by molar-refractivity contribution is 0.295. The number of aromatic nitrogens is 2. The Morgan fingerprint density at radius 2 is 1.80 bits per heavy atom. The van der Waals surface area contributed by atoms with Gasteiger partial charge >= 0.3 is 0 Å². The van der Waals surface area contributed by atoms with Gasteiger partial charge in [0.2, 0.25) is 0 Å². The lowest BCUT2D eigenvalue weighted by Gasteiger charge is -2.36. The number of rotatable bonds is 5. The van der Waals surface area contributed by atoms with Crippen LogP contribution in [0.15, 0.2) is 42.7 Å². The van der Waals surface area contributed by atoms with Gasteiger partial charge in [0.25, 0.3) is 0 Å². The molecule has 106 valence electrons. The highest BCUT2D eigenvalue weighted by molar-refractivity contribution is 5.60. The summed E-state index contributed by atoms with van der Waals surface area (Å²) in [6.45, 7) is 9.21. The zero-order chi connectivity index (χ0) is 14.6. The smallest absolute Gasteiger partial charge is 0.0923 e. The minimum Gasteiger partial charge on any atom is -0.255 e. The third-order valence-electron chi connectivity index (χ3n) is 4.77. The summed E-state index contributed by atoms with van der Waals surface area (Å²) in [5.41, 5.74) is 3.44. The maximum absolute atomic E-state index is 4.62. The minimum absolute atomic E-state index is 0.135. The van der Waals surface area contributed by atoms with Crippen LogP contribution >= 0.6 is 0 Å². The van der Waals surface area contributed by atoms with Gasteiger partial charge in [-0.1, -0.05) is 46.2 Å². The van der Waals surface area contributed by atoms with Crippen LogP contribution in [-0.2, 0) is 5.41 Å². The zero-order valence-electron chi connectivity index (χ0n) is 12.9. The fourth-order valence-electron chi connectivity index (χ4n) is 2.83. The van der Waals surface area contributed by atoms with E-state index in [1.807, 2.05) is 36.7 Å². The Bertz CT molecular complexity index is 550. The van der Waals surface area contributed by atoms with Crippen LogP contribution < -0.4 is 0 Å². The van der Waals surface area contributed by atoms with E-state index in [0.29, 0.717) is 5.92 Å². The van der Waals surface area contributed by atoms with Crippen LogP contribution in [0.2, 0.25) is 0 Å². The summed E-state index contributed by atoms with van der Waals surface area (Å²) >= 11 is 0. The Balaban J connectivity index is 2.58. The average Bonchev–Trinajstić information content (AvgIpc) is 2.54. The van der Waals surface area contributed by atoms with Crippen molar-refractivity contribution in [3.63, 3.8) is 0 Å². The molecule has 0 radical (unpaired) electrons. The maximum Gasteiger partial charge on any atom is 0.0923 e. The Labute approximate surface area is 122 Å². The fraction of sp³-hybridized carbons (Fsp3) is 0.444. The normalized spacial score (nSPS) is 15.6. The number of pyridine rings is 2. The van der Waals surface area contributed by atoms with Crippen LogP contribution in [0.3, 0.4) is 0 Å². The molecule has 0 aromatic carbocycles. The van der Waals surface area contributed by atoms with E-state index in [4.69, 9.17) is 0 Å². The number of hydrogen-bond acceptors (Lipinski definition) is 2. The highest BCUT2D eigenvalue weighted by atomic mass is 14.8. The predicted molar refractivity (Wildman–Crippen MR) is 84.6 cm³/mol. The van der Waals surface area contributed by atoms with Crippen molar-refractivity contribution < 1.29 is 0 Å². The highest BCUT2D eigenvalue weighted by Crippen LogP contribution is 2.40. The molecular weight excluding hydrogens is 244 g/mol. The van der Waals surface area contributed by atoms with E-state index in [1.165, 1.54) is 12.0 Å². The summed E-state index contributed by atoms with van der Waals surface area (Å²) in [4.78, 5) is 9.10. The molecule has 2 nitrogen and oxygen atoms in total. The molecule has 2 unspecified atom stereocenters. The van der Waals surface area contributed by atoms with Crippen molar-refractivity contribution in [3.8, 4) is 11.4 Å². The van der Waals surface area contributed by atoms with E-state index in [2.05, 4.69) is 43.7 Å². The second-order valence-corrected chi connectivity index (χ2v) is 5.69. The van der Waals surface area contributed by atoms with Gasteiger partial charge in [-0.15, -0.1) is 0 Å². The first-order valence-corrected chi connectivity index (χ1v) is 7.50. The molecule has 2 heteroatoms. The molecule has 0 saturated heterocycles. The highest BCUT2D eigenvalue weighted by Gasteiger charge is 2.33. The van der Waals surface area contributed by atoms with E-state index in [-0.39, 0.29) is 5.41 Å². The van der Waals surface area contributed by atoms with Crippen molar-refractivity contribution >= 4 is 0 Å². The lowest BCUT2D eigenvalue weighted by atomic mass is 9.69. The first-order valence-electron chi connectivity index (χ1n) is 7.50. The molecule has 2 atom stereocenters. The lowest BCUT2D eigenvalue weighted by Crippen LogP contribution is -2.30. The van der Waals surface area contributed by atoms with Crippen LogP contribution in [0.4, 0.5) is 0 Å². The molecule has 0 saturated carbocycles. The second kappa shape index (κ2) is 6.17. The van der Waals surface area contributed by atoms with E-state index in [0.717, 1.165) is 17.8 Å². The van der Waals surface area contributed by atoms with Gasteiger partial charge in [-0.25, -0.2) is 0 Å². The number of nitrogens with zero attached hydrogens (tertiary/aromatic N) is 2. The van der Waals surface area contributed by atoms with Crippen LogP contribution in [-0.4, -0.2) is 9.97 Å². The Kier molecular flexibility index (Phi) is 4.53. The van der Waals surface area contributed by atoms with Gasteiger partial charge in [0, 0.05) is 12.4 Å². The number of hydrogen-bond donors (Lipinski definition) is 0. The van der Waals surface area contributed by atoms with Crippen molar-refractivity contribution in [1.82, 2.24) is 9.97 Å². The standard InChI is InChI=1S/C18H24N2/c1-5-14(3)18(4,6-2)15-10-9-13-20-17(15)16-11-7-8-12-19-16/h7-14H,5-6H2,1-4H3. The summed E-state index contributed by atoms with van der Waals surface area (Å²) in [6, 6.07) is 10.3. The van der Waals surface area contributed by atoms with Crippen LogP contribution in [0.25, 0.3) is 11.4 Å². The van der Waals surface area contributed by atoms with Crippen molar-refractivity contribution in [1.29, 1.82) is 0 Å². The monoisotopic (exact) mass is 268 g/mol. The first-order chi connectivity index (χ1) is 9.63. The molecule has 0 aliphatic carbocycles. The molecule has 0 spiro atoms. The second-order valence-electron chi connectivity index (χ2n) is 5.69. The van der Waals surface area contributed by atoms with Crippen molar-refractivity contribution in [3.05, 3.63) is 48.3 Å². The molecule has 0 fully saturated rings. The van der Waals surface area contributed by atoms with Crippen molar-refractivity contribution in [2.45, 2.75) is 46.0 Å². The zero-order valence-corrected chi connectivity index (χ0v) is 12.9. The Morgan fingerprint density at radius 1 is 1.05 bits per heavy atom. The maximum atomic E-state index is 4.62. The molecule has 2 rings (SSSR count). The average molecular weight is 268 g/mol. The molecule has 20 heavy (non-hydrogen) atoms. The van der Waals surface area contributed by atoms with Gasteiger partial charge in [-0.2, -0.15) is 0 Å². The third kappa shape index (κ3) is 2.60. The van der Waals surface area contributed by atoms with Crippen LogP contribution in [0.5, 0.6) is 0 Å². The van der Waals surface area contributed by atoms with E-state index in [1.54, 1.807) is 0 Å².